The van der Waals surface area contributed by atoms with Crippen LogP contribution in [0.25, 0.3) is 0 Å². The number of nitro groups is 1. The van der Waals surface area contributed by atoms with Crippen molar-refractivity contribution in [2.75, 3.05) is 6.54 Å². The molecule has 0 saturated heterocycles. The van der Waals surface area contributed by atoms with Gasteiger partial charge >= 0.3 is 5.82 Å². The second-order valence-electron chi connectivity index (χ2n) is 3.40. The van der Waals surface area contributed by atoms with E-state index in [-0.39, 0.29) is 18.2 Å². The lowest BCUT2D eigenvalue weighted by molar-refractivity contribution is -0.389. The Morgan fingerprint density at radius 2 is 2.31 bits per heavy atom. The maximum absolute atomic E-state index is 10.5. The third kappa shape index (κ3) is 4.16. The molecule has 0 radical (unpaired) electrons. The third-order valence-corrected chi connectivity index (χ3v) is 2.16. The number of halogens is 1. The molecule has 0 atom stereocenters. The van der Waals surface area contributed by atoms with Gasteiger partial charge < -0.3 is 15.4 Å². The Hall–Kier alpha value is -1.14. The second-order valence-corrected chi connectivity index (χ2v) is 3.40. The lowest BCUT2D eigenvalue weighted by atomic mass is 10.3. The van der Waals surface area contributed by atoms with Gasteiger partial charge in [-0.15, -0.1) is 12.4 Å². The number of aryl methyl sites for hydroxylation is 1. The zero-order chi connectivity index (χ0) is 11.3. The Bertz CT molecular complexity index is 340. The van der Waals surface area contributed by atoms with Gasteiger partial charge in [0, 0.05) is 6.54 Å². The molecule has 1 aromatic heterocycles. The highest BCUT2D eigenvalue weighted by molar-refractivity contribution is 5.85. The predicted molar refractivity (Wildman–Crippen MR) is 63.7 cm³/mol. The molecule has 92 valence electrons. The quantitative estimate of drug-likeness (QED) is 0.472. The van der Waals surface area contributed by atoms with Gasteiger partial charge in [-0.05, 0) is 17.9 Å². The molecule has 0 aliphatic carbocycles. The molecule has 1 aromatic rings. The van der Waals surface area contributed by atoms with E-state index in [2.05, 4.69) is 17.3 Å². The standard InChI is InChI=1S/C9H16N4O2.ClH/c1-3-4-5-10-7-8-6-9(13(14)15)11-12(8)2;/h6,10H,3-5,7H2,1-2H3;1H. The van der Waals surface area contributed by atoms with Gasteiger partial charge in [-0.25, -0.2) is 0 Å². The Balaban J connectivity index is 0.00000225. The van der Waals surface area contributed by atoms with Crippen molar-refractivity contribution in [1.82, 2.24) is 15.1 Å². The van der Waals surface area contributed by atoms with Gasteiger partial charge in [0.1, 0.15) is 0 Å². The number of nitrogens with one attached hydrogen (secondary N) is 1. The van der Waals surface area contributed by atoms with Gasteiger partial charge in [-0.3, -0.25) is 0 Å². The smallest absolute Gasteiger partial charge is 0.358 e. The number of rotatable bonds is 6. The minimum absolute atomic E-state index is 0. The lowest BCUT2D eigenvalue weighted by Gasteiger charge is -2.01. The van der Waals surface area contributed by atoms with Gasteiger partial charge in [-0.1, -0.05) is 13.3 Å². The fourth-order valence-electron chi connectivity index (χ4n) is 1.26. The number of aromatic nitrogens is 2. The van der Waals surface area contributed by atoms with Crippen LogP contribution in [0, 0.1) is 10.1 Å². The molecule has 0 unspecified atom stereocenters. The molecular formula is C9H17ClN4O2. The van der Waals surface area contributed by atoms with Gasteiger partial charge in [-0.2, -0.15) is 4.68 Å². The van der Waals surface area contributed by atoms with E-state index < -0.39 is 4.92 Å². The van der Waals surface area contributed by atoms with Crippen LogP contribution < -0.4 is 5.32 Å². The average molecular weight is 249 g/mol. The summed E-state index contributed by atoms with van der Waals surface area (Å²) in [5, 5.41) is 17.5. The summed E-state index contributed by atoms with van der Waals surface area (Å²) >= 11 is 0. The normalized spacial score (nSPS) is 9.88. The topological polar surface area (TPSA) is 73.0 Å². The largest absolute Gasteiger partial charge is 0.390 e. The molecule has 0 aliphatic rings. The molecule has 0 aliphatic heterocycles. The molecule has 0 spiro atoms. The Labute approximate surface area is 101 Å². The van der Waals surface area contributed by atoms with Crippen LogP contribution in [-0.4, -0.2) is 21.2 Å². The first-order chi connectivity index (χ1) is 7.15. The fraction of sp³-hybridized carbons (Fsp3) is 0.667. The van der Waals surface area contributed by atoms with Crippen LogP contribution in [0.15, 0.2) is 6.07 Å². The van der Waals surface area contributed by atoms with E-state index in [9.17, 15) is 10.1 Å². The number of nitrogens with zero attached hydrogens (tertiary/aromatic N) is 3. The van der Waals surface area contributed by atoms with Crippen molar-refractivity contribution in [3.05, 3.63) is 21.9 Å². The number of hydrogen-bond donors (Lipinski definition) is 1. The number of hydrogen-bond acceptors (Lipinski definition) is 4. The summed E-state index contributed by atoms with van der Waals surface area (Å²) in [6, 6.07) is 1.50. The molecule has 16 heavy (non-hydrogen) atoms. The number of unbranched alkanes of at least 4 members (excludes halogenated alkanes) is 1. The van der Waals surface area contributed by atoms with E-state index in [1.54, 1.807) is 7.05 Å². The zero-order valence-electron chi connectivity index (χ0n) is 9.47. The van der Waals surface area contributed by atoms with Crippen molar-refractivity contribution in [1.29, 1.82) is 0 Å². The first-order valence-corrected chi connectivity index (χ1v) is 5.03. The molecule has 0 aromatic carbocycles. The molecule has 0 fully saturated rings. The first-order valence-electron chi connectivity index (χ1n) is 5.03. The molecule has 1 heterocycles. The van der Waals surface area contributed by atoms with Gasteiger partial charge in [0.05, 0.1) is 23.9 Å². The summed E-state index contributed by atoms with van der Waals surface area (Å²) in [4.78, 5) is 9.98. The van der Waals surface area contributed by atoms with Crippen LogP contribution in [0.4, 0.5) is 5.82 Å². The average Bonchev–Trinajstić information content (AvgIpc) is 2.55. The summed E-state index contributed by atoms with van der Waals surface area (Å²) < 4.78 is 1.54. The van der Waals surface area contributed by atoms with Crippen molar-refractivity contribution < 1.29 is 4.92 Å². The van der Waals surface area contributed by atoms with Crippen molar-refractivity contribution in [3.8, 4) is 0 Å². The van der Waals surface area contributed by atoms with E-state index >= 15 is 0 Å². The van der Waals surface area contributed by atoms with Gasteiger partial charge in [0.25, 0.3) is 0 Å². The maximum atomic E-state index is 10.5. The fourth-order valence-corrected chi connectivity index (χ4v) is 1.26. The van der Waals surface area contributed by atoms with Gasteiger partial charge in [0.2, 0.25) is 0 Å². The summed E-state index contributed by atoms with van der Waals surface area (Å²) in [7, 11) is 1.71. The third-order valence-electron chi connectivity index (χ3n) is 2.16. The SMILES string of the molecule is CCCCNCc1cc([N+](=O)[O-])nn1C.Cl. The van der Waals surface area contributed by atoms with Crippen LogP contribution in [-0.2, 0) is 13.6 Å². The molecule has 0 amide bonds. The van der Waals surface area contributed by atoms with E-state index in [0.29, 0.717) is 6.54 Å². The summed E-state index contributed by atoms with van der Waals surface area (Å²) in [6.45, 7) is 3.67. The van der Waals surface area contributed by atoms with E-state index in [1.807, 2.05) is 0 Å². The summed E-state index contributed by atoms with van der Waals surface area (Å²) in [5.74, 6) is -0.0928. The minimum Gasteiger partial charge on any atom is -0.358 e. The predicted octanol–water partition coefficient (Wildman–Crippen LogP) is 1.64. The van der Waals surface area contributed by atoms with Crippen molar-refractivity contribution >= 4 is 18.2 Å². The van der Waals surface area contributed by atoms with E-state index in [0.717, 1.165) is 25.1 Å². The maximum Gasteiger partial charge on any atom is 0.390 e. The first kappa shape index (κ1) is 14.9. The Morgan fingerprint density at radius 1 is 1.62 bits per heavy atom. The molecule has 0 saturated carbocycles. The second kappa shape index (κ2) is 7.19. The monoisotopic (exact) mass is 248 g/mol. The zero-order valence-corrected chi connectivity index (χ0v) is 10.3. The Kier molecular flexibility index (Phi) is 6.67. The highest BCUT2D eigenvalue weighted by Gasteiger charge is 2.14. The molecule has 6 nitrogen and oxygen atoms in total. The van der Waals surface area contributed by atoms with Crippen molar-refractivity contribution in [3.63, 3.8) is 0 Å². The lowest BCUT2D eigenvalue weighted by Crippen LogP contribution is -2.16. The van der Waals surface area contributed by atoms with E-state index in [1.165, 1.54) is 10.7 Å². The van der Waals surface area contributed by atoms with Crippen molar-refractivity contribution in [2.24, 2.45) is 7.05 Å². The van der Waals surface area contributed by atoms with Crippen LogP contribution in [0.3, 0.4) is 0 Å². The molecule has 1 rings (SSSR count). The van der Waals surface area contributed by atoms with Crippen molar-refractivity contribution in [2.45, 2.75) is 26.3 Å². The summed E-state index contributed by atoms with van der Waals surface area (Å²) in [5.41, 5.74) is 0.831. The molecule has 0 bridgehead atoms. The Morgan fingerprint density at radius 3 is 2.81 bits per heavy atom. The highest BCUT2D eigenvalue weighted by Crippen LogP contribution is 2.10. The molecular weight excluding hydrogens is 232 g/mol. The van der Waals surface area contributed by atoms with Crippen LogP contribution in [0.2, 0.25) is 0 Å². The summed E-state index contributed by atoms with van der Waals surface area (Å²) in [6.07, 6.45) is 2.25. The minimum atomic E-state index is -0.477. The molecule has 7 heteroatoms. The highest BCUT2D eigenvalue weighted by atomic mass is 35.5. The van der Waals surface area contributed by atoms with E-state index in [4.69, 9.17) is 0 Å². The van der Waals surface area contributed by atoms with Gasteiger partial charge in [0.15, 0.2) is 0 Å². The van der Waals surface area contributed by atoms with Crippen LogP contribution >= 0.6 is 12.4 Å². The van der Waals surface area contributed by atoms with Crippen LogP contribution in [0.1, 0.15) is 25.5 Å². The molecule has 1 N–H and O–H groups in total. The van der Waals surface area contributed by atoms with Crippen LogP contribution in [0.5, 0.6) is 0 Å².